The second-order valence-electron chi connectivity index (χ2n) is 10.2. The maximum atomic E-state index is 13.6. The summed E-state index contributed by atoms with van der Waals surface area (Å²) in [4.78, 5) is 27.7. The van der Waals surface area contributed by atoms with E-state index in [0.29, 0.717) is 18.0 Å². The summed E-state index contributed by atoms with van der Waals surface area (Å²) in [7, 11) is 0. The number of amides is 1. The zero-order chi connectivity index (χ0) is 21.0. The molecule has 1 aromatic rings. The molecule has 0 unspecified atom stereocenters. The number of phenolic OH excluding ortho intramolecular Hbond substituents is 1. The first-order valence-electron chi connectivity index (χ1n) is 11.3. The summed E-state index contributed by atoms with van der Waals surface area (Å²) in [5.41, 5.74) is 2.17. The second-order valence-corrected chi connectivity index (χ2v) is 10.2. The predicted molar refractivity (Wildman–Crippen MR) is 114 cm³/mol. The highest BCUT2D eigenvalue weighted by molar-refractivity contribution is 5.82. The zero-order valence-electron chi connectivity index (χ0n) is 18.3. The van der Waals surface area contributed by atoms with E-state index in [0.717, 1.165) is 50.6 Å². The van der Waals surface area contributed by atoms with Crippen LogP contribution in [0.3, 0.4) is 0 Å². The number of carbonyl (C=O) groups excluding carboxylic acids is 2. The van der Waals surface area contributed by atoms with Gasteiger partial charge in [-0.2, -0.15) is 0 Å². The number of ketones is 1. The van der Waals surface area contributed by atoms with E-state index in [2.05, 4.69) is 31.7 Å². The van der Waals surface area contributed by atoms with Crippen molar-refractivity contribution >= 4 is 11.7 Å². The van der Waals surface area contributed by atoms with Gasteiger partial charge >= 0.3 is 0 Å². The van der Waals surface area contributed by atoms with E-state index in [9.17, 15) is 14.7 Å². The number of hydrogen-bond acceptors (Lipinski definition) is 3. The van der Waals surface area contributed by atoms with Crippen LogP contribution in [-0.2, 0) is 21.4 Å². The Morgan fingerprint density at radius 1 is 1.10 bits per heavy atom. The van der Waals surface area contributed by atoms with Gasteiger partial charge in [-0.3, -0.25) is 9.59 Å². The molecule has 29 heavy (non-hydrogen) atoms. The lowest BCUT2D eigenvalue weighted by Crippen LogP contribution is -2.65. The molecular formula is C25H35NO3. The van der Waals surface area contributed by atoms with E-state index in [1.54, 1.807) is 6.07 Å². The summed E-state index contributed by atoms with van der Waals surface area (Å²) in [6.07, 6.45) is 5.62. The number of hydrogen-bond donors (Lipinski definition) is 1. The molecule has 3 aliphatic rings. The minimum absolute atomic E-state index is 0.0434. The third-order valence-corrected chi connectivity index (χ3v) is 8.79. The average Bonchev–Trinajstić information content (AvgIpc) is 2.70. The Morgan fingerprint density at radius 2 is 1.76 bits per heavy atom. The summed E-state index contributed by atoms with van der Waals surface area (Å²) >= 11 is 0. The van der Waals surface area contributed by atoms with Gasteiger partial charge < -0.3 is 10.0 Å². The van der Waals surface area contributed by atoms with Crippen LogP contribution in [0.2, 0.25) is 0 Å². The fourth-order valence-corrected chi connectivity index (χ4v) is 6.38. The fourth-order valence-electron chi connectivity index (χ4n) is 6.38. The number of piperidine rings is 1. The first kappa shape index (κ1) is 20.4. The molecule has 1 N–H and O–H groups in total. The lowest BCUT2D eigenvalue weighted by molar-refractivity contribution is -0.150. The highest BCUT2D eigenvalue weighted by Crippen LogP contribution is 2.57. The minimum Gasteiger partial charge on any atom is -0.508 e. The summed E-state index contributed by atoms with van der Waals surface area (Å²) in [5.74, 6) is 1.18. The molecule has 1 saturated carbocycles. The first-order chi connectivity index (χ1) is 13.7. The monoisotopic (exact) mass is 397 g/mol. The van der Waals surface area contributed by atoms with Gasteiger partial charge in [0.15, 0.2) is 0 Å². The van der Waals surface area contributed by atoms with Gasteiger partial charge in [0.05, 0.1) is 0 Å². The quantitative estimate of drug-likeness (QED) is 0.810. The van der Waals surface area contributed by atoms with Crippen LogP contribution in [0.1, 0.15) is 77.3 Å². The number of likely N-dealkylation sites (tertiary alicyclic amines) is 1. The van der Waals surface area contributed by atoms with Crippen LogP contribution in [0.15, 0.2) is 18.2 Å². The molecule has 4 nitrogen and oxygen atoms in total. The van der Waals surface area contributed by atoms with Crippen LogP contribution in [0, 0.1) is 17.3 Å². The Kier molecular flexibility index (Phi) is 5.03. The van der Waals surface area contributed by atoms with Gasteiger partial charge in [-0.05, 0) is 61.1 Å². The number of phenols is 1. The van der Waals surface area contributed by atoms with Crippen LogP contribution in [0.5, 0.6) is 5.75 Å². The molecule has 1 aromatic carbocycles. The van der Waals surface area contributed by atoms with Gasteiger partial charge in [-0.1, -0.05) is 39.8 Å². The Labute approximate surface area is 174 Å². The Balaban J connectivity index is 1.58. The van der Waals surface area contributed by atoms with Crippen LogP contribution in [-0.4, -0.2) is 34.3 Å². The van der Waals surface area contributed by atoms with E-state index >= 15 is 0 Å². The Bertz CT molecular complexity index is 821. The largest absolute Gasteiger partial charge is 0.508 e. The summed E-state index contributed by atoms with van der Waals surface area (Å²) < 4.78 is 0. The molecule has 158 valence electrons. The van der Waals surface area contributed by atoms with Gasteiger partial charge in [0.25, 0.3) is 0 Å². The number of rotatable bonds is 3. The lowest BCUT2D eigenvalue weighted by atomic mass is 9.51. The van der Waals surface area contributed by atoms with Crippen molar-refractivity contribution in [3.63, 3.8) is 0 Å². The van der Waals surface area contributed by atoms with Crippen LogP contribution in [0.4, 0.5) is 0 Å². The molecule has 0 spiro atoms. The van der Waals surface area contributed by atoms with Crippen molar-refractivity contribution < 1.29 is 14.7 Å². The van der Waals surface area contributed by atoms with Crippen LogP contribution >= 0.6 is 0 Å². The first-order valence-corrected chi connectivity index (χ1v) is 11.3. The zero-order valence-corrected chi connectivity index (χ0v) is 18.3. The van der Waals surface area contributed by atoms with Crippen molar-refractivity contribution in [2.45, 2.75) is 84.1 Å². The van der Waals surface area contributed by atoms with Crippen molar-refractivity contribution in [3.8, 4) is 5.75 Å². The molecule has 4 rings (SSSR count). The minimum atomic E-state index is -0.0585. The number of carbonyl (C=O) groups is 2. The standard InChI is InChI=1S/C25H35NO3/c1-5-20(27)16-9-11-17(12-10-16)23(29)26-14-13-25(4)19-7-6-8-21(28)18(19)15-22(26)24(25,2)3/h6-8,16-17,22,28H,5,9-15H2,1-4H3/t16?,17?,22-,25-/m0/s1. The summed E-state index contributed by atoms with van der Waals surface area (Å²) in [5, 5.41) is 10.5. The van der Waals surface area contributed by atoms with E-state index < -0.39 is 0 Å². The molecule has 1 saturated heterocycles. The van der Waals surface area contributed by atoms with Gasteiger partial charge in [0.1, 0.15) is 11.5 Å². The molecule has 0 aromatic heterocycles. The normalized spacial score (nSPS) is 33.1. The molecular weight excluding hydrogens is 362 g/mol. The number of aromatic hydroxyl groups is 1. The molecule has 1 amide bonds. The molecule has 1 heterocycles. The van der Waals surface area contributed by atoms with E-state index in [-0.39, 0.29) is 34.6 Å². The lowest BCUT2D eigenvalue weighted by Gasteiger charge is -2.61. The Hall–Kier alpha value is -1.84. The fraction of sp³-hybridized carbons (Fsp3) is 0.680. The number of nitrogens with zero attached hydrogens (tertiary/aromatic N) is 1. The van der Waals surface area contributed by atoms with E-state index in [1.165, 1.54) is 5.56 Å². The number of Topliss-reactive ketones (excluding diaryl/α,β-unsaturated/α-hetero) is 1. The third kappa shape index (κ3) is 3.02. The van der Waals surface area contributed by atoms with Gasteiger partial charge in [0, 0.05) is 36.3 Å². The van der Waals surface area contributed by atoms with Crippen molar-refractivity contribution in [2.75, 3.05) is 6.54 Å². The van der Waals surface area contributed by atoms with E-state index in [1.807, 2.05) is 13.0 Å². The topological polar surface area (TPSA) is 57.6 Å². The van der Waals surface area contributed by atoms with Gasteiger partial charge in [0.2, 0.25) is 5.91 Å². The number of fused-ring (bicyclic) bond motifs is 4. The highest BCUT2D eigenvalue weighted by atomic mass is 16.3. The molecule has 2 atom stereocenters. The van der Waals surface area contributed by atoms with E-state index in [4.69, 9.17) is 0 Å². The molecule has 0 radical (unpaired) electrons. The highest BCUT2D eigenvalue weighted by Gasteiger charge is 2.57. The predicted octanol–water partition coefficient (Wildman–Crippen LogP) is 4.62. The summed E-state index contributed by atoms with van der Waals surface area (Å²) in [6, 6.07) is 5.98. The maximum Gasteiger partial charge on any atom is 0.225 e. The Morgan fingerprint density at radius 3 is 2.41 bits per heavy atom. The van der Waals surface area contributed by atoms with Gasteiger partial charge in [-0.25, -0.2) is 0 Å². The van der Waals surface area contributed by atoms with Gasteiger partial charge in [-0.15, -0.1) is 0 Å². The SMILES string of the molecule is CCC(=O)C1CCC(C(=O)N2CC[C@@]3(C)c4cccc(O)c4C[C@H]2C3(C)C)CC1. The molecule has 2 aliphatic carbocycles. The van der Waals surface area contributed by atoms with Crippen LogP contribution in [0.25, 0.3) is 0 Å². The molecule has 2 fully saturated rings. The number of benzene rings is 1. The smallest absolute Gasteiger partial charge is 0.225 e. The molecule has 4 heteroatoms. The van der Waals surface area contributed by atoms with Crippen LogP contribution < -0.4 is 0 Å². The maximum absolute atomic E-state index is 13.6. The van der Waals surface area contributed by atoms with Crippen molar-refractivity contribution in [2.24, 2.45) is 17.3 Å². The van der Waals surface area contributed by atoms with Crippen molar-refractivity contribution in [3.05, 3.63) is 29.3 Å². The molecule has 2 bridgehead atoms. The summed E-state index contributed by atoms with van der Waals surface area (Å²) in [6.45, 7) is 9.61. The third-order valence-electron chi connectivity index (χ3n) is 8.79. The average molecular weight is 398 g/mol. The van der Waals surface area contributed by atoms with Crippen molar-refractivity contribution in [1.29, 1.82) is 0 Å². The van der Waals surface area contributed by atoms with Crippen molar-refractivity contribution in [1.82, 2.24) is 4.90 Å². The second kappa shape index (κ2) is 7.14. The molecule has 1 aliphatic heterocycles.